The van der Waals surface area contributed by atoms with Crippen LogP contribution in [0.25, 0.3) is 0 Å². The van der Waals surface area contributed by atoms with Gasteiger partial charge in [0.2, 0.25) is 11.9 Å². The lowest BCUT2D eigenvalue weighted by atomic mass is 10.4. The molecule has 10 heavy (non-hydrogen) atoms. The Morgan fingerprint density at radius 3 is 2.60 bits per heavy atom. The zero-order valence-corrected chi connectivity index (χ0v) is 4.71. The van der Waals surface area contributed by atoms with Crippen LogP contribution in [0.3, 0.4) is 0 Å². The molecule has 0 N–H and O–H groups in total. The van der Waals surface area contributed by atoms with Crippen molar-refractivity contribution in [1.82, 2.24) is 4.98 Å². The van der Waals surface area contributed by atoms with Crippen LogP contribution < -0.4 is 0 Å². The maximum atomic E-state index is 12.2. The zero-order valence-electron chi connectivity index (χ0n) is 4.71. The number of hydrogen-bond acceptors (Lipinski definition) is 3. The van der Waals surface area contributed by atoms with Gasteiger partial charge in [-0.2, -0.15) is 13.8 Å². The molecule has 52 valence electrons. The fraction of sp³-hybridized carbons (Fsp3) is 0. The molecule has 0 spiro atoms. The van der Waals surface area contributed by atoms with E-state index in [2.05, 4.69) is 10.2 Å². The van der Waals surface area contributed by atoms with Gasteiger partial charge in [-0.25, -0.2) is 0 Å². The molecular weight excluding hydrogens is 142 g/mol. The number of rotatable bonds is 1. The SMILES string of the molecule is O=Nc1ccc(F)nc1F. The molecular formula is C5H2F2N2O. The van der Waals surface area contributed by atoms with Crippen LogP contribution in [0.2, 0.25) is 0 Å². The largest absolute Gasteiger partial charge is 0.245 e. The van der Waals surface area contributed by atoms with Gasteiger partial charge in [0.05, 0.1) is 0 Å². The fourth-order valence-electron chi connectivity index (χ4n) is 0.473. The van der Waals surface area contributed by atoms with E-state index in [1.807, 2.05) is 0 Å². The molecule has 0 amide bonds. The normalized spacial score (nSPS) is 9.40. The third-order valence-electron chi connectivity index (χ3n) is 0.893. The quantitative estimate of drug-likeness (QED) is 0.445. The van der Waals surface area contributed by atoms with E-state index in [0.29, 0.717) is 0 Å². The molecule has 0 aliphatic carbocycles. The summed E-state index contributed by atoms with van der Waals surface area (Å²) < 4.78 is 24.2. The average molecular weight is 144 g/mol. The summed E-state index contributed by atoms with van der Waals surface area (Å²) in [6.45, 7) is 0. The summed E-state index contributed by atoms with van der Waals surface area (Å²) in [7, 11) is 0. The van der Waals surface area contributed by atoms with E-state index in [0.717, 1.165) is 12.1 Å². The van der Waals surface area contributed by atoms with E-state index >= 15 is 0 Å². The summed E-state index contributed by atoms with van der Waals surface area (Å²) in [5, 5.41) is 2.26. The van der Waals surface area contributed by atoms with E-state index in [1.165, 1.54) is 0 Å². The fourth-order valence-corrected chi connectivity index (χ4v) is 0.473. The van der Waals surface area contributed by atoms with Gasteiger partial charge >= 0.3 is 0 Å². The first-order valence-corrected chi connectivity index (χ1v) is 2.39. The van der Waals surface area contributed by atoms with Crippen molar-refractivity contribution in [2.75, 3.05) is 0 Å². The standard InChI is InChI=1S/C5H2F2N2O/c6-4-2-1-3(9-10)5(7)8-4/h1-2H. The first kappa shape index (κ1) is 6.73. The average Bonchev–Trinajstić information content (AvgIpc) is 1.88. The predicted octanol–water partition coefficient (Wildman–Crippen LogP) is 1.76. The Morgan fingerprint density at radius 2 is 2.10 bits per heavy atom. The predicted molar refractivity (Wildman–Crippen MR) is 29.6 cm³/mol. The van der Waals surface area contributed by atoms with Crippen molar-refractivity contribution in [3.63, 3.8) is 0 Å². The Morgan fingerprint density at radius 1 is 1.40 bits per heavy atom. The minimum Gasteiger partial charge on any atom is -0.189 e. The molecule has 0 radical (unpaired) electrons. The van der Waals surface area contributed by atoms with Gasteiger partial charge in [-0.05, 0) is 17.3 Å². The summed E-state index contributed by atoms with van der Waals surface area (Å²) in [5.41, 5.74) is -0.485. The molecule has 0 unspecified atom stereocenters. The molecule has 0 bridgehead atoms. The number of pyridine rings is 1. The Balaban J connectivity index is 3.19. The Hall–Kier alpha value is -1.39. The molecule has 0 fully saturated rings. The zero-order chi connectivity index (χ0) is 7.56. The Labute approximate surface area is 54.7 Å². The van der Waals surface area contributed by atoms with E-state index in [-0.39, 0.29) is 0 Å². The molecule has 0 aliphatic heterocycles. The van der Waals surface area contributed by atoms with Crippen LogP contribution in [0, 0.1) is 16.8 Å². The Bertz CT molecular complexity index is 264. The second kappa shape index (κ2) is 2.47. The monoisotopic (exact) mass is 144 g/mol. The van der Waals surface area contributed by atoms with Crippen LogP contribution in [0.5, 0.6) is 0 Å². The van der Waals surface area contributed by atoms with Crippen molar-refractivity contribution in [3.8, 4) is 0 Å². The van der Waals surface area contributed by atoms with Crippen LogP contribution >= 0.6 is 0 Å². The summed E-state index contributed by atoms with van der Waals surface area (Å²) in [6.07, 6.45) is 0. The second-order valence-corrected chi connectivity index (χ2v) is 1.54. The third-order valence-corrected chi connectivity index (χ3v) is 0.893. The van der Waals surface area contributed by atoms with Crippen LogP contribution in [0.4, 0.5) is 14.5 Å². The lowest BCUT2D eigenvalue weighted by Crippen LogP contribution is -1.86. The molecule has 0 saturated heterocycles. The first-order valence-electron chi connectivity index (χ1n) is 2.39. The molecule has 3 nitrogen and oxygen atoms in total. The minimum absolute atomic E-state index is 0.485. The molecule has 5 heteroatoms. The van der Waals surface area contributed by atoms with Crippen LogP contribution in [-0.2, 0) is 0 Å². The molecule has 0 atom stereocenters. The highest BCUT2D eigenvalue weighted by Crippen LogP contribution is 2.13. The van der Waals surface area contributed by atoms with Crippen molar-refractivity contribution in [2.45, 2.75) is 0 Å². The van der Waals surface area contributed by atoms with E-state index < -0.39 is 17.6 Å². The molecule has 1 rings (SSSR count). The third kappa shape index (κ3) is 1.12. The van der Waals surface area contributed by atoms with Crippen LogP contribution in [-0.4, -0.2) is 4.98 Å². The molecule has 0 saturated carbocycles. The molecule has 1 aromatic rings. The molecule has 0 aliphatic rings. The van der Waals surface area contributed by atoms with Gasteiger partial charge in [-0.15, -0.1) is 4.91 Å². The van der Waals surface area contributed by atoms with Gasteiger partial charge in [0.25, 0.3) is 0 Å². The summed E-state index contributed by atoms with van der Waals surface area (Å²) in [4.78, 5) is 12.4. The van der Waals surface area contributed by atoms with Gasteiger partial charge in [0.15, 0.2) is 5.69 Å². The van der Waals surface area contributed by atoms with Gasteiger partial charge < -0.3 is 0 Å². The number of aromatic nitrogens is 1. The molecule has 0 aromatic carbocycles. The summed E-state index contributed by atoms with van der Waals surface area (Å²) >= 11 is 0. The maximum absolute atomic E-state index is 12.2. The van der Waals surface area contributed by atoms with Crippen molar-refractivity contribution >= 4 is 5.69 Å². The minimum atomic E-state index is -1.19. The highest BCUT2D eigenvalue weighted by molar-refractivity contribution is 5.33. The highest BCUT2D eigenvalue weighted by Gasteiger charge is 2.03. The van der Waals surface area contributed by atoms with Crippen molar-refractivity contribution in [3.05, 3.63) is 28.9 Å². The lowest BCUT2D eigenvalue weighted by Gasteiger charge is -1.89. The van der Waals surface area contributed by atoms with Crippen molar-refractivity contribution < 1.29 is 8.78 Å². The van der Waals surface area contributed by atoms with Gasteiger partial charge in [0.1, 0.15) is 0 Å². The van der Waals surface area contributed by atoms with Crippen molar-refractivity contribution in [1.29, 1.82) is 0 Å². The van der Waals surface area contributed by atoms with Crippen molar-refractivity contribution in [2.24, 2.45) is 5.18 Å². The van der Waals surface area contributed by atoms with E-state index in [9.17, 15) is 13.7 Å². The topological polar surface area (TPSA) is 42.3 Å². The van der Waals surface area contributed by atoms with Crippen LogP contribution in [0.1, 0.15) is 0 Å². The number of halogens is 2. The summed E-state index contributed by atoms with van der Waals surface area (Å²) in [5.74, 6) is -2.15. The Kier molecular flexibility index (Phi) is 1.66. The number of nitroso groups, excluding NO2 is 1. The lowest BCUT2D eigenvalue weighted by molar-refractivity contribution is 0.514. The first-order chi connectivity index (χ1) is 4.74. The molecule has 1 aromatic heterocycles. The van der Waals surface area contributed by atoms with Crippen LogP contribution in [0.15, 0.2) is 17.3 Å². The van der Waals surface area contributed by atoms with Gasteiger partial charge in [0, 0.05) is 0 Å². The number of hydrogen-bond donors (Lipinski definition) is 0. The van der Waals surface area contributed by atoms with E-state index in [4.69, 9.17) is 0 Å². The maximum Gasteiger partial charge on any atom is 0.245 e. The van der Waals surface area contributed by atoms with Gasteiger partial charge in [-0.3, -0.25) is 0 Å². The molecule has 1 heterocycles. The van der Waals surface area contributed by atoms with E-state index in [1.54, 1.807) is 0 Å². The highest BCUT2D eigenvalue weighted by atomic mass is 19.1. The summed E-state index contributed by atoms with van der Waals surface area (Å²) in [6, 6.07) is 1.78. The second-order valence-electron chi connectivity index (χ2n) is 1.54. The smallest absolute Gasteiger partial charge is 0.189 e. The van der Waals surface area contributed by atoms with Gasteiger partial charge in [-0.1, -0.05) is 0 Å². The number of nitrogens with zero attached hydrogens (tertiary/aromatic N) is 2.